The first-order valence-corrected chi connectivity index (χ1v) is 11.1. The summed E-state index contributed by atoms with van der Waals surface area (Å²) >= 11 is 1.49. The Hall–Kier alpha value is -2.98. The zero-order valence-corrected chi connectivity index (χ0v) is 18.6. The molecule has 1 unspecified atom stereocenters. The number of thiophene rings is 1. The van der Waals surface area contributed by atoms with Crippen LogP contribution in [0.2, 0.25) is 0 Å². The van der Waals surface area contributed by atoms with Crippen molar-refractivity contribution in [3.05, 3.63) is 87.9 Å². The molecule has 1 N–H and O–H groups in total. The van der Waals surface area contributed by atoms with Crippen LogP contribution in [0.5, 0.6) is 0 Å². The second-order valence-electron chi connectivity index (χ2n) is 7.96. The number of hydrogen-bond donors (Lipinski definition) is 1. The molecule has 0 spiro atoms. The molecular weight excluding hydrogens is 388 g/mol. The zero-order valence-electron chi connectivity index (χ0n) is 17.8. The van der Waals surface area contributed by atoms with E-state index in [1.807, 2.05) is 19.9 Å². The predicted octanol–water partition coefficient (Wildman–Crippen LogP) is 6.25. The summed E-state index contributed by atoms with van der Waals surface area (Å²) in [6, 6.07) is 21.1. The van der Waals surface area contributed by atoms with Gasteiger partial charge in [0.1, 0.15) is 4.83 Å². The average molecular weight is 415 g/mol. The van der Waals surface area contributed by atoms with Crippen molar-refractivity contribution in [1.29, 1.82) is 0 Å². The van der Waals surface area contributed by atoms with Gasteiger partial charge in [0.15, 0.2) is 0 Å². The lowest BCUT2D eigenvalue weighted by atomic mass is 10.0. The van der Waals surface area contributed by atoms with Crippen molar-refractivity contribution in [3.63, 3.8) is 0 Å². The molecule has 4 rings (SSSR count). The number of carbonyl (C=O) groups is 1. The highest BCUT2D eigenvalue weighted by molar-refractivity contribution is 7.20. The van der Waals surface area contributed by atoms with Crippen LogP contribution in [0.4, 0.5) is 0 Å². The van der Waals surface area contributed by atoms with Crippen LogP contribution in [0.1, 0.15) is 39.0 Å². The summed E-state index contributed by atoms with van der Waals surface area (Å²) in [6.45, 7) is 8.15. The van der Waals surface area contributed by atoms with E-state index in [-0.39, 0.29) is 11.9 Å². The fraction of sp³-hybridized carbons (Fsp3) is 0.231. The van der Waals surface area contributed by atoms with Gasteiger partial charge in [-0.15, -0.1) is 11.3 Å². The minimum absolute atomic E-state index is 0.0130. The minimum Gasteiger partial charge on any atom is -0.349 e. The lowest BCUT2D eigenvalue weighted by Crippen LogP contribution is -2.33. The molecule has 3 nitrogen and oxygen atoms in total. The highest BCUT2D eigenvalue weighted by Gasteiger charge is 2.19. The molecule has 4 aromatic rings. The van der Waals surface area contributed by atoms with E-state index in [1.165, 1.54) is 33.6 Å². The second kappa shape index (κ2) is 8.41. The van der Waals surface area contributed by atoms with Gasteiger partial charge in [-0.25, -0.2) is 4.98 Å². The molecule has 30 heavy (non-hydrogen) atoms. The summed E-state index contributed by atoms with van der Waals surface area (Å²) in [5.74, 6) is -0.0130. The van der Waals surface area contributed by atoms with Crippen LogP contribution in [0.25, 0.3) is 21.3 Å². The Morgan fingerprint density at radius 2 is 1.67 bits per heavy atom. The van der Waals surface area contributed by atoms with Crippen LogP contribution in [-0.2, 0) is 6.42 Å². The van der Waals surface area contributed by atoms with Crippen LogP contribution in [0.3, 0.4) is 0 Å². The number of pyridine rings is 1. The molecule has 1 atom stereocenters. The van der Waals surface area contributed by atoms with Gasteiger partial charge in [0.2, 0.25) is 0 Å². The number of carbonyl (C=O) groups excluding carboxylic acids is 1. The minimum atomic E-state index is -0.0130. The van der Waals surface area contributed by atoms with E-state index in [4.69, 9.17) is 0 Å². The molecule has 0 bridgehead atoms. The molecule has 0 aliphatic heterocycles. The Bertz CT molecular complexity index is 1190. The molecule has 0 saturated heterocycles. The quantitative estimate of drug-likeness (QED) is 0.419. The van der Waals surface area contributed by atoms with Crippen molar-refractivity contribution in [2.24, 2.45) is 0 Å². The van der Waals surface area contributed by atoms with E-state index in [1.54, 1.807) is 0 Å². The Labute approximate surface area is 181 Å². The first-order chi connectivity index (χ1) is 14.4. The SMILES string of the molecule is Cc1cc(C)c2c(C)c(C(=O)NC(C)Cc3ccc(-c4ccccc4)cc3)sc2n1. The molecule has 0 saturated carbocycles. The topological polar surface area (TPSA) is 42.0 Å². The van der Waals surface area contributed by atoms with E-state index in [0.29, 0.717) is 0 Å². The smallest absolute Gasteiger partial charge is 0.261 e. The van der Waals surface area contributed by atoms with Crippen molar-refractivity contribution < 1.29 is 4.79 Å². The molecule has 0 radical (unpaired) electrons. The third kappa shape index (κ3) is 4.14. The van der Waals surface area contributed by atoms with Gasteiger partial charge in [-0.1, -0.05) is 54.6 Å². The van der Waals surface area contributed by atoms with Gasteiger partial charge in [0.25, 0.3) is 5.91 Å². The summed E-state index contributed by atoms with van der Waals surface area (Å²) in [5, 5.41) is 4.28. The van der Waals surface area contributed by atoms with Crippen molar-refractivity contribution in [1.82, 2.24) is 10.3 Å². The van der Waals surface area contributed by atoms with E-state index in [9.17, 15) is 4.79 Å². The van der Waals surface area contributed by atoms with Crippen molar-refractivity contribution >= 4 is 27.5 Å². The standard InChI is InChI=1S/C26H26N2OS/c1-16-14-17(2)28-26-23(16)19(4)24(30-26)25(29)27-18(3)15-20-10-12-22(13-11-20)21-8-6-5-7-9-21/h5-14,18H,15H2,1-4H3,(H,27,29). The maximum absolute atomic E-state index is 12.9. The van der Waals surface area contributed by atoms with E-state index >= 15 is 0 Å². The number of hydrogen-bond acceptors (Lipinski definition) is 3. The van der Waals surface area contributed by atoms with Crippen LogP contribution < -0.4 is 5.32 Å². The first-order valence-electron chi connectivity index (χ1n) is 10.2. The maximum atomic E-state index is 12.9. The van der Waals surface area contributed by atoms with E-state index < -0.39 is 0 Å². The molecule has 0 aliphatic carbocycles. The Morgan fingerprint density at radius 1 is 1.00 bits per heavy atom. The molecule has 0 aliphatic rings. The van der Waals surface area contributed by atoms with E-state index in [2.05, 4.69) is 78.7 Å². The molecule has 0 fully saturated rings. The summed E-state index contributed by atoms with van der Waals surface area (Å²) in [6.07, 6.45) is 0.793. The molecule has 152 valence electrons. The predicted molar refractivity (Wildman–Crippen MR) is 126 cm³/mol. The summed E-state index contributed by atoms with van der Waals surface area (Å²) in [4.78, 5) is 19.3. The van der Waals surface area contributed by atoms with Gasteiger partial charge in [-0.3, -0.25) is 4.79 Å². The molecule has 2 heterocycles. The van der Waals surface area contributed by atoms with Gasteiger partial charge in [-0.2, -0.15) is 0 Å². The number of fused-ring (bicyclic) bond motifs is 1. The highest BCUT2D eigenvalue weighted by atomic mass is 32.1. The Morgan fingerprint density at radius 3 is 2.37 bits per heavy atom. The molecule has 4 heteroatoms. The fourth-order valence-electron chi connectivity index (χ4n) is 3.99. The van der Waals surface area contributed by atoms with Crippen LogP contribution in [0, 0.1) is 20.8 Å². The normalized spacial score (nSPS) is 12.1. The third-order valence-corrected chi connectivity index (χ3v) is 6.60. The Balaban J connectivity index is 1.46. The van der Waals surface area contributed by atoms with Crippen molar-refractivity contribution in [3.8, 4) is 11.1 Å². The van der Waals surface area contributed by atoms with E-state index in [0.717, 1.165) is 32.8 Å². The zero-order chi connectivity index (χ0) is 21.3. The highest BCUT2D eigenvalue weighted by Crippen LogP contribution is 2.32. The second-order valence-corrected chi connectivity index (χ2v) is 8.96. The number of aromatic nitrogens is 1. The maximum Gasteiger partial charge on any atom is 0.261 e. The fourth-order valence-corrected chi connectivity index (χ4v) is 5.20. The van der Waals surface area contributed by atoms with Crippen molar-refractivity contribution in [2.75, 3.05) is 0 Å². The van der Waals surface area contributed by atoms with Gasteiger partial charge in [0, 0.05) is 17.1 Å². The number of amides is 1. The number of aryl methyl sites for hydroxylation is 3. The van der Waals surface area contributed by atoms with Gasteiger partial charge in [0.05, 0.1) is 4.88 Å². The lowest BCUT2D eigenvalue weighted by molar-refractivity contribution is 0.0943. The summed E-state index contributed by atoms with van der Waals surface area (Å²) in [7, 11) is 0. The summed E-state index contributed by atoms with van der Waals surface area (Å²) in [5.41, 5.74) is 6.82. The van der Waals surface area contributed by atoms with Crippen molar-refractivity contribution in [2.45, 2.75) is 40.2 Å². The Kier molecular flexibility index (Phi) is 5.69. The number of rotatable bonds is 5. The van der Waals surface area contributed by atoms with Gasteiger partial charge < -0.3 is 5.32 Å². The molecule has 2 aromatic carbocycles. The van der Waals surface area contributed by atoms with Crippen LogP contribution in [0.15, 0.2) is 60.7 Å². The molecular formula is C26H26N2OS. The van der Waals surface area contributed by atoms with Crippen LogP contribution >= 0.6 is 11.3 Å². The third-order valence-electron chi connectivity index (χ3n) is 5.41. The summed E-state index contributed by atoms with van der Waals surface area (Å²) < 4.78 is 0. The number of benzene rings is 2. The largest absolute Gasteiger partial charge is 0.349 e. The number of nitrogens with zero attached hydrogens (tertiary/aromatic N) is 1. The first kappa shape index (κ1) is 20.3. The van der Waals surface area contributed by atoms with Gasteiger partial charge >= 0.3 is 0 Å². The molecule has 2 aromatic heterocycles. The van der Waals surface area contributed by atoms with Crippen LogP contribution in [-0.4, -0.2) is 16.9 Å². The lowest BCUT2D eigenvalue weighted by Gasteiger charge is -2.14. The average Bonchev–Trinajstić information content (AvgIpc) is 3.05. The number of nitrogens with one attached hydrogen (secondary N) is 1. The molecule has 1 amide bonds. The monoisotopic (exact) mass is 414 g/mol. The van der Waals surface area contributed by atoms with Gasteiger partial charge in [-0.05, 0) is 68.0 Å².